The molecular formula is C26H30FN3O3. The van der Waals surface area contributed by atoms with E-state index in [-0.39, 0.29) is 36.2 Å². The van der Waals surface area contributed by atoms with Crippen LogP contribution in [-0.2, 0) is 14.3 Å². The van der Waals surface area contributed by atoms with Gasteiger partial charge < -0.3 is 4.74 Å². The summed E-state index contributed by atoms with van der Waals surface area (Å²) < 4.78 is 19.1. The molecule has 2 aliphatic heterocycles. The first-order valence-corrected chi connectivity index (χ1v) is 11.6. The monoisotopic (exact) mass is 451 g/mol. The number of nitrogens with zero attached hydrogens (tertiary/aromatic N) is 3. The third-order valence-corrected chi connectivity index (χ3v) is 6.32. The van der Waals surface area contributed by atoms with Gasteiger partial charge in [0, 0.05) is 6.42 Å². The summed E-state index contributed by atoms with van der Waals surface area (Å²) in [5.74, 6) is -0.706. The molecule has 0 aliphatic carbocycles. The number of benzene rings is 2. The summed E-state index contributed by atoms with van der Waals surface area (Å²) in [4.78, 5) is 27.4. The van der Waals surface area contributed by atoms with Gasteiger partial charge in [-0.2, -0.15) is 5.10 Å². The Morgan fingerprint density at radius 2 is 1.88 bits per heavy atom. The fourth-order valence-corrected chi connectivity index (χ4v) is 4.56. The molecule has 1 atom stereocenters. The smallest absolute Gasteiger partial charge is 0.309 e. The van der Waals surface area contributed by atoms with Gasteiger partial charge in [-0.05, 0) is 63.0 Å². The Hall–Kier alpha value is -3.06. The van der Waals surface area contributed by atoms with Crippen LogP contribution in [0.1, 0.15) is 48.9 Å². The van der Waals surface area contributed by atoms with E-state index in [4.69, 9.17) is 9.84 Å². The van der Waals surface area contributed by atoms with Gasteiger partial charge in [-0.15, -0.1) is 0 Å². The van der Waals surface area contributed by atoms with E-state index in [0.717, 1.165) is 22.4 Å². The molecule has 0 radical (unpaired) electrons. The second kappa shape index (κ2) is 10.3. The lowest BCUT2D eigenvalue weighted by Crippen LogP contribution is -2.43. The van der Waals surface area contributed by atoms with Gasteiger partial charge in [0.15, 0.2) is 0 Å². The Morgan fingerprint density at radius 1 is 1.12 bits per heavy atom. The van der Waals surface area contributed by atoms with E-state index in [2.05, 4.69) is 11.0 Å². The number of rotatable bonds is 6. The van der Waals surface area contributed by atoms with Crippen LogP contribution in [0.3, 0.4) is 0 Å². The van der Waals surface area contributed by atoms with E-state index >= 15 is 0 Å². The third kappa shape index (κ3) is 5.47. The zero-order valence-corrected chi connectivity index (χ0v) is 19.2. The Morgan fingerprint density at radius 3 is 2.58 bits per heavy atom. The van der Waals surface area contributed by atoms with E-state index < -0.39 is 0 Å². The Labute approximate surface area is 194 Å². The zero-order chi connectivity index (χ0) is 23.4. The number of likely N-dealkylation sites (tertiary alicyclic amines) is 1. The predicted molar refractivity (Wildman–Crippen MR) is 124 cm³/mol. The van der Waals surface area contributed by atoms with Gasteiger partial charge in [-0.1, -0.05) is 42.0 Å². The van der Waals surface area contributed by atoms with Gasteiger partial charge in [-0.25, -0.2) is 9.40 Å². The van der Waals surface area contributed by atoms with Crippen molar-refractivity contribution >= 4 is 17.6 Å². The van der Waals surface area contributed by atoms with E-state index in [0.29, 0.717) is 39.0 Å². The van der Waals surface area contributed by atoms with Crippen LogP contribution in [0.5, 0.6) is 0 Å². The molecular weight excluding hydrogens is 421 g/mol. The maximum atomic E-state index is 14.0. The number of halogens is 1. The molecule has 6 nitrogen and oxygen atoms in total. The summed E-state index contributed by atoms with van der Waals surface area (Å²) >= 11 is 0. The average molecular weight is 452 g/mol. The van der Waals surface area contributed by atoms with Crippen LogP contribution in [0.4, 0.5) is 4.39 Å². The van der Waals surface area contributed by atoms with E-state index in [9.17, 15) is 14.0 Å². The molecule has 1 fully saturated rings. The van der Waals surface area contributed by atoms with E-state index in [1.165, 1.54) is 17.1 Å². The van der Waals surface area contributed by atoms with Gasteiger partial charge in [-0.3, -0.25) is 14.5 Å². The standard InChI is InChI=1S/C26H30FN3O3/c1-3-33-26(32)19-10-12-29(13-11-19)17-25(31)30-24(21-8-5-9-22(27)15-21)16-23(28-30)20-7-4-6-18(2)14-20/h4-9,14-15,19,24H,3,10-13,16-17H2,1-2H3. The summed E-state index contributed by atoms with van der Waals surface area (Å²) in [5.41, 5.74) is 3.65. The first-order chi connectivity index (χ1) is 15.9. The number of ether oxygens (including phenoxy) is 1. The zero-order valence-electron chi connectivity index (χ0n) is 19.2. The molecule has 2 aromatic rings. The molecule has 0 aromatic heterocycles. The number of aryl methyl sites for hydroxylation is 1. The fraction of sp³-hybridized carbons (Fsp3) is 0.423. The molecule has 2 aliphatic rings. The Bertz CT molecular complexity index is 1050. The first-order valence-electron chi connectivity index (χ1n) is 11.6. The van der Waals surface area contributed by atoms with Crippen LogP contribution >= 0.6 is 0 Å². The molecule has 0 spiro atoms. The molecule has 33 heavy (non-hydrogen) atoms. The fourth-order valence-electron chi connectivity index (χ4n) is 4.56. The number of hydrogen-bond acceptors (Lipinski definition) is 5. The van der Waals surface area contributed by atoms with E-state index in [1.807, 2.05) is 38.1 Å². The average Bonchev–Trinajstić information content (AvgIpc) is 3.26. The second-order valence-electron chi connectivity index (χ2n) is 8.73. The van der Waals surface area contributed by atoms with Crippen molar-refractivity contribution in [2.75, 3.05) is 26.2 Å². The minimum atomic E-state index is -0.346. The summed E-state index contributed by atoms with van der Waals surface area (Å²) in [7, 11) is 0. The molecule has 2 aromatic carbocycles. The lowest BCUT2D eigenvalue weighted by atomic mass is 9.96. The Kier molecular flexibility index (Phi) is 7.18. The largest absolute Gasteiger partial charge is 0.466 e. The van der Waals surface area contributed by atoms with Crippen molar-refractivity contribution in [2.45, 2.75) is 39.2 Å². The van der Waals surface area contributed by atoms with Crippen LogP contribution in [0.2, 0.25) is 0 Å². The van der Waals surface area contributed by atoms with Crippen molar-refractivity contribution in [2.24, 2.45) is 11.0 Å². The summed E-state index contributed by atoms with van der Waals surface area (Å²) in [5, 5.41) is 6.21. The molecule has 174 valence electrons. The topological polar surface area (TPSA) is 62.2 Å². The van der Waals surface area contributed by atoms with Crippen molar-refractivity contribution in [3.8, 4) is 0 Å². The molecule has 2 heterocycles. The number of esters is 1. The molecule has 7 heteroatoms. The number of carbonyl (C=O) groups is 2. The summed E-state index contributed by atoms with van der Waals surface area (Å²) in [6, 6.07) is 14.1. The molecule has 0 saturated carbocycles. The Balaban J connectivity index is 1.49. The molecule has 4 rings (SSSR count). The van der Waals surface area contributed by atoms with Crippen LogP contribution < -0.4 is 0 Å². The predicted octanol–water partition coefficient (Wildman–Crippen LogP) is 4.09. The minimum absolute atomic E-state index is 0.103. The molecule has 1 amide bonds. The maximum Gasteiger partial charge on any atom is 0.309 e. The molecule has 0 bridgehead atoms. The highest BCUT2D eigenvalue weighted by Gasteiger charge is 2.35. The number of carbonyl (C=O) groups excluding carboxylic acids is 2. The third-order valence-electron chi connectivity index (χ3n) is 6.32. The number of hydrazone groups is 1. The van der Waals surface area contributed by atoms with Crippen molar-refractivity contribution < 1.29 is 18.7 Å². The van der Waals surface area contributed by atoms with Crippen LogP contribution in [0, 0.1) is 18.7 Å². The highest BCUT2D eigenvalue weighted by Crippen LogP contribution is 2.33. The van der Waals surface area contributed by atoms with Gasteiger partial charge in [0.05, 0.1) is 30.8 Å². The number of piperidine rings is 1. The number of amides is 1. The summed E-state index contributed by atoms with van der Waals surface area (Å²) in [6.45, 7) is 5.74. The lowest BCUT2D eigenvalue weighted by molar-refractivity contribution is -0.149. The second-order valence-corrected chi connectivity index (χ2v) is 8.73. The van der Waals surface area contributed by atoms with Crippen molar-refractivity contribution in [3.63, 3.8) is 0 Å². The van der Waals surface area contributed by atoms with Crippen molar-refractivity contribution in [1.29, 1.82) is 0 Å². The molecule has 1 saturated heterocycles. The van der Waals surface area contributed by atoms with Crippen LogP contribution in [0.15, 0.2) is 53.6 Å². The molecule has 0 N–H and O–H groups in total. The normalized spacial score (nSPS) is 19.4. The number of hydrogen-bond donors (Lipinski definition) is 0. The van der Waals surface area contributed by atoms with Gasteiger partial charge >= 0.3 is 5.97 Å². The summed E-state index contributed by atoms with van der Waals surface area (Å²) in [6.07, 6.45) is 1.89. The molecule has 1 unspecified atom stereocenters. The lowest BCUT2D eigenvalue weighted by Gasteiger charge is -2.31. The van der Waals surface area contributed by atoms with Gasteiger partial charge in [0.2, 0.25) is 0 Å². The van der Waals surface area contributed by atoms with Crippen LogP contribution in [0.25, 0.3) is 0 Å². The van der Waals surface area contributed by atoms with Gasteiger partial charge in [0.1, 0.15) is 5.82 Å². The van der Waals surface area contributed by atoms with Gasteiger partial charge in [0.25, 0.3) is 5.91 Å². The SMILES string of the molecule is CCOC(=O)C1CCN(CC(=O)N2N=C(c3cccc(C)c3)CC2c2cccc(F)c2)CC1. The maximum absolute atomic E-state index is 14.0. The van der Waals surface area contributed by atoms with Crippen molar-refractivity contribution in [3.05, 3.63) is 71.0 Å². The minimum Gasteiger partial charge on any atom is -0.466 e. The quantitative estimate of drug-likeness (QED) is 0.621. The highest BCUT2D eigenvalue weighted by atomic mass is 19.1. The first kappa shape index (κ1) is 23.1. The highest BCUT2D eigenvalue weighted by molar-refractivity contribution is 6.03. The van der Waals surface area contributed by atoms with Crippen LogP contribution in [-0.4, -0.2) is 53.7 Å². The van der Waals surface area contributed by atoms with E-state index in [1.54, 1.807) is 6.07 Å². The van der Waals surface area contributed by atoms with Crippen molar-refractivity contribution in [1.82, 2.24) is 9.91 Å².